The number of rotatable bonds is 7. The van der Waals surface area contributed by atoms with Crippen LogP contribution in [0.4, 0.5) is 5.13 Å². The normalized spacial score (nSPS) is 18.5. The minimum Gasteiger partial charge on any atom is -0.365 e. The highest BCUT2D eigenvalue weighted by molar-refractivity contribution is 7.13. The highest BCUT2D eigenvalue weighted by Gasteiger charge is 2.26. The van der Waals surface area contributed by atoms with E-state index in [4.69, 9.17) is 0 Å². The van der Waals surface area contributed by atoms with E-state index in [1.807, 2.05) is 11.0 Å². The number of amides is 2. The van der Waals surface area contributed by atoms with Crippen molar-refractivity contribution < 1.29 is 9.59 Å². The fraction of sp³-hybridized carbons (Fsp3) is 0.522. The van der Waals surface area contributed by atoms with Crippen LogP contribution in [0, 0.1) is 0 Å². The maximum absolute atomic E-state index is 12.6. The summed E-state index contributed by atoms with van der Waals surface area (Å²) in [6, 6.07) is 10.8. The quantitative estimate of drug-likeness (QED) is 0.661. The van der Waals surface area contributed by atoms with Gasteiger partial charge in [-0.25, -0.2) is 4.98 Å². The molecule has 2 aromatic rings. The van der Waals surface area contributed by atoms with Gasteiger partial charge in [0.1, 0.15) is 5.69 Å². The molecule has 0 spiro atoms. The first kappa shape index (κ1) is 22.7. The molecule has 0 atom stereocenters. The predicted octanol–water partition coefficient (Wildman–Crippen LogP) is 1.72. The Morgan fingerprint density at radius 1 is 1.03 bits per heavy atom. The molecule has 1 aromatic heterocycles. The second-order valence-electron chi connectivity index (χ2n) is 8.46. The highest BCUT2D eigenvalue weighted by Crippen LogP contribution is 2.17. The van der Waals surface area contributed by atoms with Crippen LogP contribution in [-0.4, -0.2) is 90.4 Å². The van der Waals surface area contributed by atoms with E-state index < -0.39 is 0 Å². The Balaban J connectivity index is 1.14. The van der Waals surface area contributed by atoms with Crippen LogP contribution in [-0.2, 0) is 11.3 Å². The van der Waals surface area contributed by atoms with Crippen LogP contribution in [0.3, 0.4) is 0 Å². The van der Waals surface area contributed by atoms with E-state index in [2.05, 4.69) is 49.7 Å². The van der Waals surface area contributed by atoms with Gasteiger partial charge in [0.25, 0.3) is 5.91 Å². The summed E-state index contributed by atoms with van der Waals surface area (Å²) >= 11 is 1.43. The molecule has 0 saturated carbocycles. The van der Waals surface area contributed by atoms with Gasteiger partial charge in [-0.15, -0.1) is 11.3 Å². The number of piperidine rings is 1. The summed E-state index contributed by atoms with van der Waals surface area (Å²) in [5.41, 5.74) is 1.83. The van der Waals surface area contributed by atoms with E-state index in [0.29, 0.717) is 38.4 Å². The maximum atomic E-state index is 12.6. The Morgan fingerprint density at radius 3 is 2.41 bits per heavy atom. The lowest BCUT2D eigenvalue weighted by atomic mass is 10.0. The zero-order valence-corrected chi connectivity index (χ0v) is 19.4. The SMILES string of the molecule is CNc1nc(C(=O)N2CCN(CC(=O)NC3CCN(Cc4ccccc4)CC3)CC2)cs1. The van der Waals surface area contributed by atoms with Crippen molar-refractivity contribution in [3.05, 3.63) is 47.0 Å². The van der Waals surface area contributed by atoms with Gasteiger partial charge in [-0.1, -0.05) is 30.3 Å². The van der Waals surface area contributed by atoms with E-state index in [0.717, 1.165) is 37.6 Å². The third kappa shape index (κ3) is 6.05. The number of hydrogen-bond acceptors (Lipinski definition) is 7. The van der Waals surface area contributed by atoms with Crippen molar-refractivity contribution >= 4 is 28.3 Å². The van der Waals surface area contributed by atoms with Gasteiger partial charge in [0.05, 0.1) is 6.54 Å². The molecule has 0 aliphatic carbocycles. The molecule has 2 amide bonds. The van der Waals surface area contributed by atoms with Crippen molar-refractivity contribution in [3.63, 3.8) is 0 Å². The molecule has 0 radical (unpaired) electrons. The molecule has 2 N–H and O–H groups in total. The van der Waals surface area contributed by atoms with Crippen LogP contribution < -0.4 is 10.6 Å². The van der Waals surface area contributed by atoms with E-state index in [1.54, 1.807) is 12.4 Å². The minimum absolute atomic E-state index is 0.0332. The summed E-state index contributed by atoms with van der Waals surface area (Å²) in [5, 5.41) is 8.71. The molecule has 3 heterocycles. The fourth-order valence-electron chi connectivity index (χ4n) is 4.31. The number of nitrogens with one attached hydrogen (secondary N) is 2. The monoisotopic (exact) mass is 456 g/mol. The Kier molecular flexibility index (Phi) is 7.72. The topological polar surface area (TPSA) is 80.8 Å². The summed E-state index contributed by atoms with van der Waals surface area (Å²) in [7, 11) is 1.80. The first-order valence-corrected chi connectivity index (χ1v) is 12.2. The van der Waals surface area contributed by atoms with Crippen LogP contribution in [0.2, 0.25) is 0 Å². The van der Waals surface area contributed by atoms with E-state index in [1.165, 1.54) is 16.9 Å². The van der Waals surface area contributed by atoms with Crippen LogP contribution in [0.5, 0.6) is 0 Å². The number of thiazole rings is 1. The van der Waals surface area contributed by atoms with Gasteiger partial charge in [0.2, 0.25) is 5.91 Å². The molecule has 0 unspecified atom stereocenters. The number of hydrogen-bond donors (Lipinski definition) is 2. The zero-order chi connectivity index (χ0) is 22.3. The smallest absolute Gasteiger partial charge is 0.273 e. The second-order valence-corrected chi connectivity index (χ2v) is 9.32. The molecule has 172 valence electrons. The van der Waals surface area contributed by atoms with Gasteiger partial charge < -0.3 is 15.5 Å². The molecule has 2 aliphatic rings. The molecule has 8 nitrogen and oxygen atoms in total. The maximum Gasteiger partial charge on any atom is 0.273 e. The Morgan fingerprint density at radius 2 is 1.75 bits per heavy atom. The Hall–Kier alpha value is -2.49. The minimum atomic E-state index is -0.0332. The summed E-state index contributed by atoms with van der Waals surface area (Å²) in [5.74, 6) is 0.0542. The molecule has 32 heavy (non-hydrogen) atoms. The lowest BCUT2D eigenvalue weighted by Crippen LogP contribution is -2.52. The molecular weight excluding hydrogens is 424 g/mol. The number of aromatic nitrogens is 1. The molecule has 2 fully saturated rings. The number of anilines is 1. The number of carbonyl (C=O) groups excluding carboxylic acids is 2. The Bertz CT molecular complexity index is 889. The van der Waals surface area contributed by atoms with E-state index in [9.17, 15) is 9.59 Å². The summed E-state index contributed by atoms with van der Waals surface area (Å²) in [6.45, 7) is 6.04. The van der Waals surface area contributed by atoms with Crippen molar-refractivity contribution in [2.45, 2.75) is 25.4 Å². The average molecular weight is 457 g/mol. The lowest BCUT2D eigenvalue weighted by Gasteiger charge is -2.35. The lowest BCUT2D eigenvalue weighted by molar-refractivity contribution is -0.123. The summed E-state index contributed by atoms with van der Waals surface area (Å²) in [4.78, 5) is 35.9. The number of carbonyl (C=O) groups is 2. The molecular formula is C23H32N6O2S. The third-order valence-corrected chi connectivity index (χ3v) is 7.03. The fourth-order valence-corrected chi connectivity index (χ4v) is 4.96. The van der Waals surface area contributed by atoms with Crippen molar-refractivity contribution in [2.75, 3.05) is 58.2 Å². The van der Waals surface area contributed by atoms with Crippen molar-refractivity contribution in [2.24, 2.45) is 0 Å². The van der Waals surface area contributed by atoms with Crippen LogP contribution >= 0.6 is 11.3 Å². The van der Waals surface area contributed by atoms with Gasteiger partial charge in [-0.2, -0.15) is 0 Å². The molecule has 2 aliphatic heterocycles. The summed E-state index contributed by atoms with van der Waals surface area (Å²) < 4.78 is 0. The van der Waals surface area contributed by atoms with Crippen molar-refractivity contribution in [3.8, 4) is 0 Å². The van der Waals surface area contributed by atoms with Crippen LogP contribution in [0.25, 0.3) is 0 Å². The van der Waals surface area contributed by atoms with E-state index >= 15 is 0 Å². The van der Waals surface area contributed by atoms with Crippen molar-refractivity contribution in [1.82, 2.24) is 25.0 Å². The Labute approximate surface area is 193 Å². The second kappa shape index (κ2) is 10.9. The predicted molar refractivity (Wildman–Crippen MR) is 127 cm³/mol. The van der Waals surface area contributed by atoms with Gasteiger partial charge in [-0.05, 0) is 18.4 Å². The molecule has 0 bridgehead atoms. The van der Waals surface area contributed by atoms with Crippen LogP contribution in [0.1, 0.15) is 28.9 Å². The van der Waals surface area contributed by atoms with Gasteiger partial charge in [-0.3, -0.25) is 19.4 Å². The van der Waals surface area contributed by atoms with Crippen molar-refractivity contribution in [1.29, 1.82) is 0 Å². The molecule has 2 saturated heterocycles. The number of nitrogens with zero attached hydrogens (tertiary/aromatic N) is 4. The zero-order valence-electron chi connectivity index (χ0n) is 18.6. The average Bonchev–Trinajstić information content (AvgIpc) is 3.30. The largest absolute Gasteiger partial charge is 0.365 e. The van der Waals surface area contributed by atoms with E-state index in [-0.39, 0.29) is 17.9 Å². The molecule has 9 heteroatoms. The standard InChI is InChI=1S/C23H32N6O2S/c1-24-23-26-20(17-32-23)22(31)29-13-11-28(12-14-29)16-21(30)25-19-7-9-27(10-8-19)15-18-5-3-2-4-6-18/h2-6,17,19H,7-16H2,1H3,(H,24,26)(H,25,30). The van der Waals surface area contributed by atoms with Gasteiger partial charge >= 0.3 is 0 Å². The third-order valence-electron chi connectivity index (χ3n) is 6.17. The van der Waals surface area contributed by atoms with Gasteiger partial charge in [0.15, 0.2) is 5.13 Å². The van der Waals surface area contributed by atoms with Crippen LogP contribution in [0.15, 0.2) is 35.7 Å². The molecule has 4 rings (SSSR count). The number of benzene rings is 1. The van der Waals surface area contributed by atoms with Gasteiger partial charge in [0, 0.05) is 64.3 Å². The first-order chi connectivity index (χ1) is 15.6. The number of likely N-dealkylation sites (tertiary alicyclic amines) is 1. The summed E-state index contributed by atoms with van der Waals surface area (Å²) in [6.07, 6.45) is 1.98. The molecule has 1 aromatic carbocycles. The highest BCUT2D eigenvalue weighted by atomic mass is 32.1. The number of piperazine rings is 1. The first-order valence-electron chi connectivity index (χ1n) is 11.3.